The van der Waals surface area contributed by atoms with Crippen molar-refractivity contribution in [3.05, 3.63) is 0 Å². The van der Waals surface area contributed by atoms with E-state index in [0.717, 1.165) is 0 Å². The van der Waals surface area contributed by atoms with Gasteiger partial charge in [0.15, 0.2) is 0 Å². The molecule has 4 nitrogen and oxygen atoms in total. The van der Waals surface area contributed by atoms with Crippen molar-refractivity contribution < 1.29 is 4.79 Å². The quantitative estimate of drug-likeness (QED) is 0.738. The lowest BCUT2D eigenvalue weighted by Gasteiger charge is -2.37. The summed E-state index contributed by atoms with van der Waals surface area (Å²) in [6.07, 6.45) is 4.80. The van der Waals surface area contributed by atoms with Crippen LogP contribution in [0, 0.1) is 0 Å². The van der Waals surface area contributed by atoms with Crippen LogP contribution >= 0.6 is 0 Å². The summed E-state index contributed by atoms with van der Waals surface area (Å²) in [6, 6.07) is 1.19. The molecule has 1 rings (SSSR count). The normalized spacial score (nSPS) is 27.8. The van der Waals surface area contributed by atoms with Crippen LogP contribution in [0.2, 0.25) is 0 Å². The van der Waals surface area contributed by atoms with Crippen molar-refractivity contribution in [2.75, 3.05) is 21.1 Å². The molecule has 4 heteroatoms. The average molecular weight is 227 g/mol. The Bertz CT molecular complexity index is 224. The Morgan fingerprint density at radius 2 is 1.81 bits per heavy atom. The zero-order chi connectivity index (χ0) is 12.1. The standard InChI is InChI=1S/C12H25N3O/c1-9(12(16)14-3)15(4)11-7-5-10(13-2)6-8-11/h9-11,13H,5-8H2,1-4H3,(H,14,16). The van der Waals surface area contributed by atoms with Gasteiger partial charge in [-0.2, -0.15) is 0 Å². The fourth-order valence-electron chi connectivity index (χ4n) is 2.48. The average Bonchev–Trinajstić information content (AvgIpc) is 2.36. The van der Waals surface area contributed by atoms with Gasteiger partial charge in [-0.15, -0.1) is 0 Å². The first-order chi connectivity index (χ1) is 7.60. The van der Waals surface area contributed by atoms with E-state index in [-0.39, 0.29) is 11.9 Å². The number of carbonyl (C=O) groups excluding carboxylic acids is 1. The highest BCUT2D eigenvalue weighted by Crippen LogP contribution is 2.23. The summed E-state index contributed by atoms with van der Waals surface area (Å²) in [5, 5.41) is 6.04. The second-order valence-electron chi connectivity index (χ2n) is 4.75. The minimum Gasteiger partial charge on any atom is -0.358 e. The van der Waals surface area contributed by atoms with Gasteiger partial charge < -0.3 is 10.6 Å². The van der Waals surface area contributed by atoms with E-state index in [1.165, 1.54) is 25.7 Å². The number of rotatable bonds is 4. The summed E-state index contributed by atoms with van der Waals surface area (Å²) in [6.45, 7) is 1.98. The Hall–Kier alpha value is -0.610. The highest BCUT2D eigenvalue weighted by Gasteiger charge is 2.27. The van der Waals surface area contributed by atoms with Crippen molar-refractivity contribution in [2.24, 2.45) is 0 Å². The molecule has 0 aromatic heterocycles. The number of amides is 1. The Morgan fingerprint density at radius 1 is 1.25 bits per heavy atom. The van der Waals surface area contributed by atoms with E-state index in [9.17, 15) is 4.79 Å². The van der Waals surface area contributed by atoms with Gasteiger partial charge in [0.1, 0.15) is 0 Å². The molecule has 2 N–H and O–H groups in total. The predicted octanol–water partition coefficient (Wildman–Crippen LogP) is 0.583. The highest BCUT2D eigenvalue weighted by molar-refractivity contribution is 5.80. The van der Waals surface area contributed by atoms with Gasteiger partial charge in [-0.3, -0.25) is 9.69 Å². The summed E-state index contributed by atoms with van der Waals surface area (Å²) >= 11 is 0. The van der Waals surface area contributed by atoms with E-state index in [0.29, 0.717) is 12.1 Å². The lowest BCUT2D eigenvalue weighted by atomic mass is 9.90. The van der Waals surface area contributed by atoms with E-state index >= 15 is 0 Å². The van der Waals surface area contributed by atoms with E-state index in [2.05, 4.69) is 22.6 Å². The molecule has 94 valence electrons. The molecule has 0 spiro atoms. The zero-order valence-corrected chi connectivity index (χ0v) is 10.9. The molecule has 1 saturated carbocycles. The molecule has 0 heterocycles. The van der Waals surface area contributed by atoms with Crippen molar-refractivity contribution in [3.8, 4) is 0 Å². The third kappa shape index (κ3) is 3.19. The molecule has 1 atom stereocenters. The van der Waals surface area contributed by atoms with Crippen LogP contribution in [0.15, 0.2) is 0 Å². The first kappa shape index (κ1) is 13.5. The summed E-state index contributed by atoms with van der Waals surface area (Å²) in [4.78, 5) is 13.8. The van der Waals surface area contributed by atoms with Crippen molar-refractivity contribution in [2.45, 2.75) is 50.7 Å². The van der Waals surface area contributed by atoms with Crippen LogP contribution in [0.25, 0.3) is 0 Å². The molecular weight excluding hydrogens is 202 g/mol. The molecule has 16 heavy (non-hydrogen) atoms. The Morgan fingerprint density at radius 3 is 2.25 bits per heavy atom. The lowest BCUT2D eigenvalue weighted by molar-refractivity contribution is -0.125. The van der Waals surface area contributed by atoms with Crippen molar-refractivity contribution in [1.29, 1.82) is 0 Å². The number of nitrogens with zero attached hydrogens (tertiary/aromatic N) is 1. The van der Waals surface area contributed by atoms with Gasteiger partial charge in [-0.25, -0.2) is 0 Å². The number of nitrogens with one attached hydrogen (secondary N) is 2. The summed E-state index contributed by atoms with van der Waals surface area (Å²) < 4.78 is 0. The van der Waals surface area contributed by atoms with E-state index in [4.69, 9.17) is 0 Å². The second-order valence-corrected chi connectivity index (χ2v) is 4.75. The maximum atomic E-state index is 11.6. The largest absolute Gasteiger partial charge is 0.358 e. The van der Waals surface area contributed by atoms with Crippen LogP contribution in [0.5, 0.6) is 0 Å². The Labute approximate surface area is 98.8 Å². The van der Waals surface area contributed by atoms with Crippen LogP contribution in [-0.2, 0) is 4.79 Å². The summed E-state index contributed by atoms with van der Waals surface area (Å²) in [5.74, 6) is 0.109. The van der Waals surface area contributed by atoms with Gasteiger partial charge in [-0.1, -0.05) is 0 Å². The second kappa shape index (κ2) is 6.21. The molecule has 0 aromatic rings. The molecule has 0 saturated heterocycles. The van der Waals surface area contributed by atoms with Crippen molar-refractivity contribution >= 4 is 5.91 Å². The van der Waals surface area contributed by atoms with Crippen LogP contribution < -0.4 is 10.6 Å². The van der Waals surface area contributed by atoms with E-state index in [1.807, 2.05) is 14.0 Å². The SMILES string of the molecule is CNC(=O)C(C)N(C)C1CCC(NC)CC1. The first-order valence-corrected chi connectivity index (χ1v) is 6.21. The molecule has 1 amide bonds. The Kier molecular flexibility index (Phi) is 5.22. The van der Waals surface area contributed by atoms with Crippen LogP contribution in [0.1, 0.15) is 32.6 Å². The number of carbonyl (C=O) groups is 1. The minimum absolute atomic E-state index is 0.0267. The summed E-state index contributed by atoms with van der Waals surface area (Å²) in [5.41, 5.74) is 0. The third-order valence-electron chi connectivity index (χ3n) is 3.92. The van der Waals surface area contributed by atoms with Crippen molar-refractivity contribution in [3.63, 3.8) is 0 Å². The fourth-order valence-corrected chi connectivity index (χ4v) is 2.48. The lowest BCUT2D eigenvalue weighted by Crippen LogP contribution is -2.49. The van der Waals surface area contributed by atoms with Crippen molar-refractivity contribution in [1.82, 2.24) is 15.5 Å². The smallest absolute Gasteiger partial charge is 0.236 e. The molecule has 0 radical (unpaired) electrons. The molecular formula is C12H25N3O. The summed E-state index contributed by atoms with van der Waals surface area (Å²) in [7, 11) is 5.79. The molecule has 0 bridgehead atoms. The van der Waals surface area contributed by atoms with Gasteiger partial charge >= 0.3 is 0 Å². The maximum absolute atomic E-state index is 11.6. The number of hydrogen-bond acceptors (Lipinski definition) is 3. The van der Waals surface area contributed by atoms with E-state index < -0.39 is 0 Å². The molecule has 0 aliphatic heterocycles. The molecule has 1 aliphatic rings. The fraction of sp³-hybridized carbons (Fsp3) is 0.917. The first-order valence-electron chi connectivity index (χ1n) is 6.21. The van der Waals surface area contributed by atoms with Gasteiger partial charge in [-0.05, 0) is 46.7 Å². The minimum atomic E-state index is -0.0267. The van der Waals surface area contributed by atoms with Crippen LogP contribution in [0.4, 0.5) is 0 Å². The number of likely N-dealkylation sites (N-methyl/N-ethyl adjacent to an activating group) is 2. The predicted molar refractivity (Wildman–Crippen MR) is 66.4 cm³/mol. The molecule has 1 unspecified atom stereocenters. The highest BCUT2D eigenvalue weighted by atomic mass is 16.2. The van der Waals surface area contributed by atoms with E-state index in [1.54, 1.807) is 7.05 Å². The zero-order valence-electron chi connectivity index (χ0n) is 10.9. The van der Waals surface area contributed by atoms with Gasteiger partial charge in [0.2, 0.25) is 5.91 Å². The topological polar surface area (TPSA) is 44.4 Å². The molecule has 0 aromatic carbocycles. The Balaban J connectivity index is 2.43. The van der Waals surface area contributed by atoms with Gasteiger partial charge in [0.05, 0.1) is 6.04 Å². The van der Waals surface area contributed by atoms with Gasteiger partial charge in [0.25, 0.3) is 0 Å². The third-order valence-corrected chi connectivity index (χ3v) is 3.92. The van der Waals surface area contributed by atoms with Crippen LogP contribution in [0.3, 0.4) is 0 Å². The molecule has 1 aliphatic carbocycles. The van der Waals surface area contributed by atoms with Gasteiger partial charge in [0, 0.05) is 19.1 Å². The van der Waals surface area contributed by atoms with Crippen LogP contribution in [-0.4, -0.2) is 50.1 Å². The monoisotopic (exact) mass is 227 g/mol. The maximum Gasteiger partial charge on any atom is 0.236 e. The molecule has 1 fully saturated rings. The number of hydrogen-bond donors (Lipinski definition) is 2.